The highest BCUT2D eigenvalue weighted by Crippen LogP contribution is 2.36. The van der Waals surface area contributed by atoms with Gasteiger partial charge in [0.25, 0.3) is 0 Å². The molecular formula is C16H17N3O5S. The molecule has 0 atom stereocenters. The lowest BCUT2D eigenvalue weighted by Gasteiger charge is -2.25. The smallest absolute Gasteiger partial charge is 0.243 e. The topological polar surface area (TPSA) is 112 Å². The highest BCUT2D eigenvalue weighted by atomic mass is 32.2. The highest BCUT2D eigenvalue weighted by Gasteiger charge is 2.26. The fourth-order valence-electron chi connectivity index (χ4n) is 2.35. The van der Waals surface area contributed by atoms with E-state index in [4.69, 9.17) is 4.74 Å². The van der Waals surface area contributed by atoms with E-state index in [9.17, 15) is 18.6 Å². The number of phenolic OH excluding ortho intramolecular Hbond substituents is 2. The number of morpholine rings is 1. The number of hydrogen-bond acceptors (Lipinski definition) is 7. The average molecular weight is 363 g/mol. The molecule has 2 N–H and O–H groups in total. The molecule has 1 fully saturated rings. The third kappa shape index (κ3) is 3.78. The Balaban J connectivity index is 1.79. The standard InChI is InChI=1S/C16H17N3O5S/c20-14-2-1-3-15(21)16(14)18-17-12-4-6-13(7-5-12)25(22,23)19-8-10-24-11-9-19/h1-7,20-21H,8-11H2. The Morgan fingerprint density at radius 2 is 1.52 bits per heavy atom. The minimum absolute atomic E-state index is 0.0486. The number of benzene rings is 2. The van der Waals surface area contributed by atoms with E-state index in [0.29, 0.717) is 32.0 Å². The predicted octanol–water partition coefficient (Wildman–Crippen LogP) is 2.53. The SMILES string of the molecule is O=S(=O)(c1ccc(N=Nc2c(O)cccc2O)cc1)N1CCOCC1. The number of phenols is 2. The molecule has 1 aliphatic rings. The first kappa shape index (κ1) is 17.3. The van der Waals surface area contributed by atoms with Crippen molar-refractivity contribution in [3.05, 3.63) is 42.5 Å². The van der Waals surface area contributed by atoms with Gasteiger partial charge in [-0.05, 0) is 36.4 Å². The number of azo groups is 1. The first-order chi connectivity index (χ1) is 12.0. The molecule has 0 saturated carbocycles. The minimum atomic E-state index is -3.56. The lowest BCUT2D eigenvalue weighted by atomic mass is 10.3. The number of ether oxygens (including phenoxy) is 1. The largest absolute Gasteiger partial charge is 0.505 e. The highest BCUT2D eigenvalue weighted by molar-refractivity contribution is 7.89. The van der Waals surface area contributed by atoms with Gasteiger partial charge in [-0.3, -0.25) is 0 Å². The second-order valence-corrected chi connectivity index (χ2v) is 7.29. The summed E-state index contributed by atoms with van der Waals surface area (Å²) in [5, 5.41) is 27.0. The first-order valence-electron chi connectivity index (χ1n) is 7.59. The van der Waals surface area contributed by atoms with Gasteiger partial charge in [-0.1, -0.05) is 6.07 Å². The van der Waals surface area contributed by atoms with Crippen LogP contribution in [0.3, 0.4) is 0 Å². The van der Waals surface area contributed by atoms with Crippen LogP contribution in [0.1, 0.15) is 0 Å². The predicted molar refractivity (Wildman–Crippen MR) is 90.0 cm³/mol. The molecule has 3 rings (SSSR count). The summed E-state index contributed by atoms with van der Waals surface area (Å²) >= 11 is 0. The summed E-state index contributed by atoms with van der Waals surface area (Å²) < 4.78 is 31.6. The summed E-state index contributed by atoms with van der Waals surface area (Å²) in [7, 11) is -3.56. The van der Waals surface area contributed by atoms with Crippen LogP contribution in [0.4, 0.5) is 11.4 Å². The Bertz CT molecular complexity index is 855. The van der Waals surface area contributed by atoms with Crippen LogP contribution < -0.4 is 0 Å². The van der Waals surface area contributed by atoms with E-state index in [-0.39, 0.29) is 22.1 Å². The fraction of sp³-hybridized carbons (Fsp3) is 0.250. The van der Waals surface area contributed by atoms with Crippen LogP contribution in [0.15, 0.2) is 57.6 Å². The van der Waals surface area contributed by atoms with Gasteiger partial charge in [0.2, 0.25) is 10.0 Å². The van der Waals surface area contributed by atoms with E-state index in [1.165, 1.54) is 46.8 Å². The summed E-state index contributed by atoms with van der Waals surface area (Å²) in [5.41, 5.74) is 0.344. The van der Waals surface area contributed by atoms with E-state index in [2.05, 4.69) is 10.2 Å². The zero-order valence-corrected chi connectivity index (χ0v) is 14.1. The molecule has 2 aromatic rings. The number of aromatic hydroxyl groups is 2. The molecule has 0 unspecified atom stereocenters. The Morgan fingerprint density at radius 3 is 2.12 bits per heavy atom. The van der Waals surface area contributed by atoms with Crippen molar-refractivity contribution >= 4 is 21.4 Å². The van der Waals surface area contributed by atoms with Crippen LogP contribution in [-0.4, -0.2) is 49.2 Å². The van der Waals surface area contributed by atoms with Crippen LogP contribution in [0.5, 0.6) is 11.5 Å². The third-order valence-electron chi connectivity index (χ3n) is 3.70. The van der Waals surface area contributed by atoms with Crippen molar-refractivity contribution in [1.82, 2.24) is 4.31 Å². The van der Waals surface area contributed by atoms with Crippen LogP contribution >= 0.6 is 0 Å². The number of hydrogen-bond donors (Lipinski definition) is 2. The Kier molecular flexibility index (Phi) is 4.98. The summed E-state index contributed by atoms with van der Waals surface area (Å²) in [4.78, 5) is 0.166. The number of rotatable bonds is 4. The van der Waals surface area contributed by atoms with Crippen molar-refractivity contribution < 1.29 is 23.4 Å². The van der Waals surface area contributed by atoms with Crippen LogP contribution in [-0.2, 0) is 14.8 Å². The minimum Gasteiger partial charge on any atom is -0.505 e. The first-order valence-corrected chi connectivity index (χ1v) is 9.03. The summed E-state index contributed by atoms with van der Waals surface area (Å²) in [6, 6.07) is 10.2. The number of sulfonamides is 1. The van der Waals surface area contributed by atoms with Crippen LogP contribution in [0.2, 0.25) is 0 Å². The Hall–Kier alpha value is -2.49. The Labute approximate surface area is 145 Å². The van der Waals surface area contributed by atoms with E-state index in [0.717, 1.165) is 0 Å². The quantitative estimate of drug-likeness (QED) is 0.811. The summed E-state index contributed by atoms with van der Waals surface area (Å²) in [6.07, 6.45) is 0. The third-order valence-corrected chi connectivity index (χ3v) is 5.62. The molecule has 2 aromatic carbocycles. The van der Waals surface area contributed by atoms with Gasteiger partial charge in [-0.15, -0.1) is 5.11 Å². The normalized spacial score (nSPS) is 16.3. The van der Waals surface area contributed by atoms with Crippen molar-refractivity contribution in [2.75, 3.05) is 26.3 Å². The van der Waals surface area contributed by atoms with Gasteiger partial charge in [-0.2, -0.15) is 9.42 Å². The molecule has 9 heteroatoms. The molecule has 25 heavy (non-hydrogen) atoms. The van der Waals surface area contributed by atoms with Crippen molar-refractivity contribution in [2.24, 2.45) is 10.2 Å². The maximum Gasteiger partial charge on any atom is 0.243 e. The number of nitrogens with zero attached hydrogens (tertiary/aromatic N) is 3. The van der Waals surface area contributed by atoms with Crippen molar-refractivity contribution in [2.45, 2.75) is 4.90 Å². The molecule has 0 aliphatic carbocycles. The molecule has 0 amide bonds. The lowest BCUT2D eigenvalue weighted by Crippen LogP contribution is -2.40. The van der Waals surface area contributed by atoms with Crippen molar-refractivity contribution in [1.29, 1.82) is 0 Å². The van der Waals surface area contributed by atoms with E-state index >= 15 is 0 Å². The van der Waals surface area contributed by atoms with Gasteiger partial charge in [0.15, 0.2) is 5.69 Å². The molecule has 0 spiro atoms. The molecular weight excluding hydrogens is 346 g/mol. The molecule has 132 valence electrons. The maximum absolute atomic E-state index is 12.5. The summed E-state index contributed by atoms with van der Waals surface area (Å²) in [5.74, 6) is -0.398. The second kappa shape index (κ2) is 7.18. The van der Waals surface area contributed by atoms with Gasteiger partial charge in [0.05, 0.1) is 23.8 Å². The van der Waals surface area contributed by atoms with Gasteiger partial charge in [-0.25, -0.2) is 8.42 Å². The molecule has 0 aromatic heterocycles. The molecule has 1 aliphatic heterocycles. The van der Waals surface area contributed by atoms with Crippen LogP contribution in [0.25, 0.3) is 0 Å². The van der Waals surface area contributed by atoms with Gasteiger partial charge in [0, 0.05) is 13.1 Å². The van der Waals surface area contributed by atoms with E-state index in [1.54, 1.807) is 0 Å². The van der Waals surface area contributed by atoms with Gasteiger partial charge >= 0.3 is 0 Å². The zero-order chi connectivity index (χ0) is 17.9. The molecule has 0 bridgehead atoms. The van der Waals surface area contributed by atoms with E-state index < -0.39 is 10.0 Å². The average Bonchev–Trinajstić information content (AvgIpc) is 2.62. The lowest BCUT2D eigenvalue weighted by molar-refractivity contribution is 0.0730. The second-order valence-electron chi connectivity index (χ2n) is 5.36. The van der Waals surface area contributed by atoms with Gasteiger partial charge < -0.3 is 14.9 Å². The molecule has 0 radical (unpaired) electrons. The van der Waals surface area contributed by atoms with E-state index in [1.807, 2.05) is 0 Å². The monoisotopic (exact) mass is 363 g/mol. The Morgan fingerprint density at radius 1 is 0.920 bits per heavy atom. The van der Waals surface area contributed by atoms with Gasteiger partial charge in [0.1, 0.15) is 11.5 Å². The van der Waals surface area contributed by atoms with Crippen molar-refractivity contribution in [3.63, 3.8) is 0 Å². The zero-order valence-electron chi connectivity index (χ0n) is 13.2. The van der Waals surface area contributed by atoms with Crippen LogP contribution in [0, 0.1) is 0 Å². The maximum atomic E-state index is 12.5. The van der Waals surface area contributed by atoms with Crippen molar-refractivity contribution in [3.8, 4) is 11.5 Å². The molecule has 8 nitrogen and oxygen atoms in total. The molecule has 1 heterocycles. The fourth-order valence-corrected chi connectivity index (χ4v) is 3.76. The molecule has 1 saturated heterocycles. The summed E-state index contributed by atoms with van der Waals surface area (Å²) in [6.45, 7) is 1.43.